The first kappa shape index (κ1) is 36.8. The Bertz CT molecular complexity index is 995. The zero-order valence-corrected chi connectivity index (χ0v) is 25.2. The zero-order valence-electron chi connectivity index (χ0n) is 24.4. The number of imidazole rings is 1. The Morgan fingerprint density at radius 1 is 0.929 bits per heavy atom. The summed E-state index contributed by atoms with van der Waals surface area (Å²) < 4.78 is 0. The number of aromatic nitrogens is 2. The third-order valence-electron chi connectivity index (χ3n) is 6.29. The van der Waals surface area contributed by atoms with Gasteiger partial charge >= 0.3 is 5.97 Å². The standard InChI is InChI=1S/C26H46N8O7S/c1-15(2)10-17(28)22(36)33-20(11-16-12-29-14-30-16)24(38)34-21(13-35)25(39)31-18(7-9-42-3)23(37)32-19(26(40)41)6-4-5-8-27/h12,14-15,17-21,35H,4-11,13,27-28H2,1-3H3,(H,29,30)(H,31,39)(H,32,37)(H,33,36)(H,34,38)(H,40,41)/t17-,18-,19-,20-,21-/m0/s1. The molecule has 42 heavy (non-hydrogen) atoms. The largest absolute Gasteiger partial charge is 0.480 e. The van der Waals surface area contributed by atoms with Gasteiger partial charge in [-0.2, -0.15) is 11.8 Å². The molecule has 0 bridgehead atoms. The van der Waals surface area contributed by atoms with Gasteiger partial charge in [-0.15, -0.1) is 0 Å². The molecule has 0 aliphatic carbocycles. The van der Waals surface area contributed by atoms with Crippen LogP contribution in [0, 0.1) is 5.92 Å². The number of unbranched alkanes of at least 4 members (excludes halogenated alkanes) is 1. The summed E-state index contributed by atoms with van der Waals surface area (Å²) in [5.74, 6) is -3.49. The van der Waals surface area contributed by atoms with Gasteiger partial charge in [0.1, 0.15) is 24.2 Å². The molecule has 0 saturated heterocycles. The number of aliphatic hydroxyl groups is 1. The highest BCUT2D eigenvalue weighted by molar-refractivity contribution is 7.98. The van der Waals surface area contributed by atoms with Gasteiger partial charge in [0.05, 0.1) is 19.0 Å². The Morgan fingerprint density at radius 2 is 1.52 bits per heavy atom. The lowest BCUT2D eigenvalue weighted by molar-refractivity contribution is -0.142. The minimum atomic E-state index is -1.47. The van der Waals surface area contributed by atoms with Crippen molar-refractivity contribution >= 4 is 41.4 Å². The maximum atomic E-state index is 13.2. The first-order valence-corrected chi connectivity index (χ1v) is 15.3. The molecule has 1 aromatic rings. The number of aliphatic hydroxyl groups excluding tert-OH is 1. The summed E-state index contributed by atoms with van der Waals surface area (Å²) in [5.41, 5.74) is 12.0. The lowest BCUT2D eigenvalue weighted by atomic mass is 10.0. The van der Waals surface area contributed by atoms with E-state index in [1.54, 1.807) is 0 Å². The van der Waals surface area contributed by atoms with Gasteiger partial charge in [-0.05, 0) is 56.6 Å². The van der Waals surface area contributed by atoms with Crippen molar-refractivity contribution in [1.82, 2.24) is 31.2 Å². The molecule has 0 aromatic carbocycles. The molecule has 0 fully saturated rings. The van der Waals surface area contributed by atoms with Crippen molar-refractivity contribution in [3.05, 3.63) is 18.2 Å². The smallest absolute Gasteiger partial charge is 0.326 e. The van der Waals surface area contributed by atoms with Crippen LogP contribution in [0.3, 0.4) is 0 Å². The number of nitrogens with two attached hydrogens (primary N) is 2. The molecule has 0 unspecified atom stereocenters. The number of aliphatic carboxylic acids is 1. The van der Waals surface area contributed by atoms with E-state index in [-0.39, 0.29) is 25.2 Å². The maximum Gasteiger partial charge on any atom is 0.326 e. The molecule has 5 atom stereocenters. The number of carboxylic acids is 1. The molecule has 0 radical (unpaired) electrons. The first-order valence-electron chi connectivity index (χ1n) is 13.9. The number of nitrogens with zero attached hydrogens (tertiary/aromatic N) is 1. The Balaban J connectivity index is 3.00. The molecule has 238 valence electrons. The average Bonchev–Trinajstić information content (AvgIpc) is 3.45. The number of carbonyl (C=O) groups excluding carboxylic acids is 4. The van der Waals surface area contributed by atoms with Crippen LogP contribution in [0.1, 0.15) is 51.6 Å². The van der Waals surface area contributed by atoms with E-state index in [1.165, 1.54) is 24.3 Å². The molecule has 0 spiro atoms. The minimum absolute atomic E-state index is 0.00519. The Kier molecular flexibility index (Phi) is 17.4. The zero-order chi connectivity index (χ0) is 31.7. The molecule has 11 N–H and O–H groups in total. The van der Waals surface area contributed by atoms with Crippen LogP contribution in [0.2, 0.25) is 0 Å². The molecule has 16 heteroatoms. The van der Waals surface area contributed by atoms with Crippen LogP contribution in [0.15, 0.2) is 12.5 Å². The van der Waals surface area contributed by atoms with E-state index in [2.05, 4.69) is 31.2 Å². The number of H-pyrrole nitrogens is 1. The van der Waals surface area contributed by atoms with Crippen LogP contribution < -0.4 is 32.7 Å². The normalized spacial score (nSPS) is 14.7. The summed E-state index contributed by atoms with van der Waals surface area (Å²) in [6, 6.07) is -5.77. The van der Waals surface area contributed by atoms with Crippen LogP contribution in [0.4, 0.5) is 0 Å². The number of amides is 4. The second kappa shape index (κ2) is 19.8. The second-order valence-electron chi connectivity index (χ2n) is 10.3. The van der Waals surface area contributed by atoms with Crippen molar-refractivity contribution in [2.45, 2.75) is 82.6 Å². The Hall–Kier alpha value is -3.21. The van der Waals surface area contributed by atoms with Gasteiger partial charge in [0.15, 0.2) is 0 Å². The number of hydrogen-bond donors (Lipinski definition) is 9. The lowest BCUT2D eigenvalue weighted by Crippen LogP contribution is -2.59. The fourth-order valence-electron chi connectivity index (χ4n) is 3.98. The van der Waals surface area contributed by atoms with E-state index in [1.807, 2.05) is 20.1 Å². The third kappa shape index (κ3) is 13.6. The number of carbonyl (C=O) groups is 5. The van der Waals surface area contributed by atoms with E-state index in [9.17, 15) is 34.2 Å². The van der Waals surface area contributed by atoms with Crippen LogP contribution in [0.5, 0.6) is 0 Å². The van der Waals surface area contributed by atoms with E-state index >= 15 is 0 Å². The molecule has 1 heterocycles. The SMILES string of the molecule is CSCC[C@H](NC(=O)[C@H](CO)NC(=O)[C@H](Cc1cnc[nH]1)NC(=O)[C@@H](N)CC(C)C)C(=O)N[C@@H](CCCCN)C(=O)O. The van der Waals surface area contributed by atoms with E-state index in [0.717, 1.165) is 0 Å². The fourth-order valence-corrected chi connectivity index (χ4v) is 4.46. The summed E-state index contributed by atoms with van der Waals surface area (Å²) in [7, 11) is 0. The predicted molar refractivity (Wildman–Crippen MR) is 158 cm³/mol. The van der Waals surface area contributed by atoms with Gasteiger partial charge in [-0.1, -0.05) is 13.8 Å². The highest BCUT2D eigenvalue weighted by Gasteiger charge is 2.31. The third-order valence-corrected chi connectivity index (χ3v) is 6.94. The van der Waals surface area contributed by atoms with Crippen molar-refractivity contribution < 1.29 is 34.2 Å². The Morgan fingerprint density at radius 3 is 2.07 bits per heavy atom. The molecule has 0 aliphatic rings. The van der Waals surface area contributed by atoms with Gasteiger partial charge in [0.2, 0.25) is 23.6 Å². The minimum Gasteiger partial charge on any atom is -0.480 e. The van der Waals surface area contributed by atoms with Gasteiger partial charge in [-0.3, -0.25) is 19.2 Å². The van der Waals surface area contributed by atoms with Crippen molar-refractivity contribution in [1.29, 1.82) is 0 Å². The lowest BCUT2D eigenvalue weighted by Gasteiger charge is -2.25. The van der Waals surface area contributed by atoms with Gasteiger partial charge < -0.3 is 47.9 Å². The molecule has 1 aromatic heterocycles. The fraction of sp³-hybridized carbons (Fsp3) is 0.692. The van der Waals surface area contributed by atoms with E-state index in [4.69, 9.17) is 11.5 Å². The highest BCUT2D eigenvalue weighted by atomic mass is 32.2. The van der Waals surface area contributed by atoms with Crippen LogP contribution in [-0.4, -0.2) is 105 Å². The summed E-state index contributed by atoms with van der Waals surface area (Å²) in [6.45, 7) is 3.40. The van der Waals surface area contributed by atoms with Gasteiger partial charge in [0, 0.05) is 18.3 Å². The summed E-state index contributed by atoms with van der Waals surface area (Å²) >= 11 is 1.42. The predicted octanol–water partition coefficient (Wildman–Crippen LogP) is -1.78. The maximum absolute atomic E-state index is 13.2. The van der Waals surface area contributed by atoms with Crippen LogP contribution in [-0.2, 0) is 30.4 Å². The number of nitrogens with one attached hydrogen (secondary N) is 5. The molecule has 4 amide bonds. The summed E-state index contributed by atoms with van der Waals surface area (Å²) in [5, 5.41) is 29.4. The molecule has 0 saturated carbocycles. The topological polar surface area (TPSA) is 255 Å². The van der Waals surface area contributed by atoms with Crippen molar-refractivity contribution in [3.63, 3.8) is 0 Å². The van der Waals surface area contributed by atoms with E-state index < -0.39 is 66.4 Å². The quantitative estimate of drug-likeness (QED) is 0.0700. The number of carboxylic acid groups (broad SMARTS) is 1. The van der Waals surface area contributed by atoms with Crippen molar-refractivity contribution in [2.75, 3.05) is 25.2 Å². The number of hydrogen-bond acceptors (Lipinski definition) is 10. The summed E-state index contributed by atoms with van der Waals surface area (Å²) in [4.78, 5) is 70.4. The van der Waals surface area contributed by atoms with Crippen LogP contribution >= 0.6 is 11.8 Å². The van der Waals surface area contributed by atoms with Crippen LogP contribution in [0.25, 0.3) is 0 Å². The summed E-state index contributed by atoms with van der Waals surface area (Å²) in [6.07, 6.45) is 6.52. The van der Waals surface area contributed by atoms with Gasteiger partial charge in [-0.25, -0.2) is 9.78 Å². The van der Waals surface area contributed by atoms with Crippen molar-refractivity contribution in [3.8, 4) is 0 Å². The molecule has 1 rings (SSSR count). The number of rotatable bonds is 21. The Labute approximate surface area is 250 Å². The molecular formula is C26H46N8O7S. The molecular weight excluding hydrogens is 568 g/mol. The van der Waals surface area contributed by atoms with Gasteiger partial charge in [0.25, 0.3) is 0 Å². The number of thioether (sulfide) groups is 1. The highest BCUT2D eigenvalue weighted by Crippen LogP contribution is 2.07. The second-order valence-corrected chi connectivity index (χ2v) is 11.3. The first-order chi connectivity index (χ1) is 19.9. The average molecular weight is 615 g/mol. The molecule has 0 aliphatic heterocycles. The number of aromatic amines is 1. The monoisotopic (exact) mass is 614 g/mol. The molecule has 15 nitrogen and oxygen atoms in total. The van der Waals surface area contributed by atoms with Crippen molar-refractivity contribution in [2.24, 2.45) is 17.4 Å². The van der Waals surface area contributed by atoms with E-state index in [0.29, 0.717) is 37.3 Å².